The van der Waals surface area contributed by atoms with E-state index in [9.17, 15) is 9.50 Å². The molecule has 0 bridgehead atoms. The van der Waals surface area contributed by atoms with Crippen molar-refractivity contribution in [1.82, 2.24) is 0 Å². The predicted octanol–water partition coefficient (Wildman–Crippen LogP) is 2.22. The summed E-state index contributed by atoms with van der Waals surface area (Å²) in [4.78, 5) is 0. The van der Waals surface area contributed by atoms with E-state index in [-0.39, 0.29) is 11.2 Å². The third kappa shape index (κ3) is 1.51. The third-order valence-electron chi connectivity index (χ3n) is 3.48. The van der Waals surface area contributed by atoms with Gasteiger partial charge in [-0.25, -0.2) is 4.39 Å². The molecular formula is C12H16FNO. The topological polar surface area (TPSA) is 46.2 Å². The van der Waals surface area contributed by atoms with E-state index in [1.54, 1.807) is 0 Å². The standard InChI is InChI=1S/C12H16FNO/c1-8-5-9(11(15)10(13)6-8)12(7-14)3-2-4-12/h5-6,15H,2-4,7,14H2,1H3. The Morgan fingerprint density at radius 2 is 2.13 bits per heavy atom. The first-order valence-electron chi connectivity index (χ1n) is 5.29. The molecule has 1 aromatic rings. The van der Waals surface area contributed by atoms with Crippen LogP contribution in [0.5, 0.6) is 5.75 Å². The van der Waals surface area contributed by atoms with Crippen LogP contribution in [0.4, 0.5) is 4.39 Å². The first kappa shape index (κ1) is 10.4. The molecule has 3 N–H and O–H groups in total. The molecule has 0 atom stereocenters. The van der Waals surface area contributed by atoms with Gasteiger partial charge in [-0.15, -0.1) is 0 Å². The highest BCUT2D eigenvalue weighted by atomic mass is 19.1. The molecule has 0 radical (unpaired) electrons. The van der Waals surface area contributed by atoms with Crippen LogP contribution in [0.25, 0.3) is 0 Å². The van der Waals surface area contributed by atoms with Gasteiger partial charge in [0.25, 0.3) is 0 Å². The van der Waals surface area contributed by atoms with Gasteiger partial charge in [-0.05, 0) is 31.4 Å². The molecule has 0 aromatic heterocycles. The maximum absolute atomic E-state index is 13.4. The number of benzene rings is 1. The monoisotopic (exact) mass is 209 g/mol. The molecule has 82 valence electrons. The highest BCUT2D eigenvalue weighted by molar-refractivity contribution is 5.44. The van der Waals surface area contributed by atoms with Crippen molar-refractivity contribution in [2.75, 3.05) is 6.54 Å². The lowest BCUT2D eigenvalue weighted by Gasteiger charge is -2.41. The molecule has 0 unspecified atom stereocenters. The summed E-state index contributed by atoms with van der Waals surface area (Å²) in [6.45, 7) is 2.30. The van der Waals surface area contributed by atoms with Crippen LogP contribution in [0.3, 0.4) is 0 Å². The molecule has 2 rings (SSSR count). The summed E-state index contributed by atoms with van der Waals surface area (Å²) in [6.07, 6.45) is 2.99. The van der Waals surface area contributed by atoms with Gasteiger partial charge in [0.2, 0.25) is 0 Å². The molecule has 1 saturated carbocycles. The van der Waals surface area contributed by atoms with Crippen LogP contribution < -0.4 is 5.73 Å². The van der Waals surface area contributed by atoms with E-state index in [0.717, 1.165) is 24.8 Å². The Morgan fingerprint density at radius 3 is 2.60 bits per heavy atom. The van der Waals surface area contributed by atoms with Crippen molar-refractivity contribution in [2.24, 2.45) is 5.73 Å². The minimum atomic E-state index is -0.537. The Labute approximate surface area is 88.9 Å². The second kappa shape index (κ2) is 3.49. The van der Waals surface area contributed by atoms with Crippen molar-refractivity contribution in [3.05, 3.63) is 29.1 Å². The van der Waals surface area contributed by atoms with Gasteiger partial charge < -0.3 is 10.8 Å². The average molecular weight is 209 g/mol. The van der Waals surface area contributed by atoms with Gasteiger partial charge in [-0.2, -0.15) is 0 Å². The van der Waals surface area contributed by atoms with E-state index in [2.05, 4.69) is 0 Å². The maximum Gasteiger partial charge on any atom is 0.165 e. The normalized spacial score (nSPS) is 18.6. The summed E-state index contributed by atoms with van der Waals surface area (Å²) in [5.41, 5.74) is 7.07. The number of halogens is 1. The molecule has 1 aliphatic rings. The summed E-state index contributed by atoms with van der Waals surface area (Å²) in [5, 5.41) is 9.72. The van der Waals surface area contributed by atoms with Crippen LogP contribution in [-0.2, 0) is 5.41 Å². The predicted molar refractivity (Wildman–Crippen MR) is 57.4 cm³/mol. The number of aryl methyl sites for hydroxylation is 1. The summed E-state index contributed by atoms with van der Waals surface area (Å²) >= 11 is 0. The lowest BCUT2D eigenvalue weighted by molar-refractivity contribution is 0.242. The molecule has 1 aliphatic carbocycles. The number of phenols is 1. The fourth-order valence-electron chi connectivity index (χ4n) is 2.33. The molecule has 15 heavy (non-hydrogen) atoms. The number of hydrogen-bond acceptors (Lipinski definition) is 2. The van der Waals surface area contributed by atoms with Gasteiger partial charge in [0.1, 0.15) is 0 Å². The lowest BCUT2D eigenvalue weighted by Crippen LogP contribution is -2.41. The first-order chi connectivity index (χ1) is 7.09. The molecule has 0 saturated heterocycles. The zero-order chi connectivity index (χ0) is 11.1. The molecule has 1 aromatic carbocycles. The minimum absolute atomic E-state index is 0.184. The molecule has 1 fully saturated rings. The smallest absolute Gasteiger partial charge is 0.165 e. The van der Waals surface area contributed by atoms with Crippen LogP contribution in [0.2, 0.25) is 0 Å². The third-order valence-corrected chi connectivity index (χ3v) is 3.48. The van der Waals surface area contributed by atoms with E-state index >= 15 is 0 Å². The highest BCUT2D eigenvalue weighted by Gasteiger charge is 2.39. The van der Waals surface area contributed by atoms with E-state index < -0.39 is 5.82 Å². The lowest BCUT2D eigenvalue weighted by atomic mass is 9.64. The highest BCUT2D eigenvalue weighted by Crippen LogP contribution is 2.46. The molecule has 3 heteroatoms. The van der Waals surface area contributed by atoms with Crippen molar-refractivity contribution in [3.63, 3.8) is 0 Å². The zero-order valence-corrected chi connectivity index (χ0v) is 8.89. The molecule has 2 nitrogen and oxygen atoms in total. The zero-order valence-electron chi connectivity index (χ0n) is 8.89. The summed E-state index contributed by atoms with van der Waals surface area (Å²) < 4.78 is 13.4. The summed E-state index contributed by atoms with van der Waals surface area (Å²) in [7, 11) is 0. The van der Waals surface area contributed by atoms with Gasteiger partial charge in [-0.1, -0.05) is 12.5 Å². The number of rotatable bonds is 2. The Morgan fingerprint density at radius 1 is 1.47 bits per heavy atom. The van der Waals surface area contributed by atoms with Crippen molar-refractivity contribution in [3.8, 4) is 5.75 Å². The number of aromatic hydroxyl groups is 1. The maximum atomic E-state index is 13.4. The Hall–Kier alpha value is -1.09. The minimum Gasteiger partial charge on any atom is -0.505 e. The Bertz CT molecular complexity index is 380. The molecule has 0 amide bonds. The van der Waals surface area contributed by atoms with Gasteiger partial charge in [0, 0.05) is 17.5 Å². The number of phenolic OH excluding ortho intramolecular Hbond substituents is 1. The number of hydrogen-bond donors (Lipinski definition) is 2. The van der Waals surface area contributed by atoms with Crippen molar-refractivity contribution in [1.29, 1.82) is 0 Å². The van der Waals surface area contributed by atoms with Crippen LogP contribution >= 0.6 is 0 Å². The van der Waals surface area contributed by atoms with Crippen molar-refractivity contribution in [2.45, 2.75) is 31.6 Å². The summed E-state index contributed by atoms with van der Waals surface area (Å²) in [6, 6.07) is 3.20. The van der Waals surface area contributed by atoms with Gasteiger partial charge >= 0.3 is 0 Å². The fourth-order valence-corrected chi connectivity index (χ4v) is 2.33. The second-order valence-corrected chi connectivity index (χ2v) is 4.48. The largest absolute Gasteiger partial charge is 0.505 e. The van der Waals surface area contributed by atoms with Gasteiger partial charge in [-0.3, -0.25) is 0 Å². The van der Waals surface area contributed by atoms with Crippen molar-refractivity contribution >= 4 is 0 Å². The molecule has 0 spiro atoms. The van der Waals surface area contributed by atoms with Gasteiger partial charge in [0.15, 0.2) is 11.6 Å². The summed E-state index contributed by atoms with van der Waals surface area (Å²) in [5.74, 6) is -0.754. The Balaban J connectivity index is 2.51. The first-order valence-corrected chi connectivity index (χ1v) is 5.29. The van der Waals surface area contributed by atoms with Gasteiger partial charge in [0.05, 0.1) is 0 Å². The average Bonchev–Trinajstić information content (AvgIpc) is 2.12. The molecule has 0 aliphatic heterocycles. The fraction of sp³-hybridized carbons (Fsp3) is 0.500. The van der Waals surface area contributed by atoms with Crippen LogP contribution in [0.1, 0.15) is 30.4 Å². The van der Waals surface area contributed by atoms with E-state index in [0.29, 0.717) is 12.1 Å². The SMILES string of the molecule is Cc1cc(F)c(O)c(C2(CN)CCC2)c1. The van der Waals surface area contributed by atoms with E-state index in [1.165, 1.54) is 6.07 Å². The quantitative estimate of drug-likeness (QED) is 0.784. The van der Waals surface area contributed by atoms with Crippen LogP contribution in [0.15, 0.2) is 12.1 Å². The van der Waals surface area contributed by atoms with E-state index in [1.807, 2.05) is 13.0 Å². The Kier molecular flexibility index (Phi) is 2.43. The van der Waals surface area contributed by atoms with E-state index in [4.69, 9.17) is 5.73 Å². The van der Waals surface area contributed by atoms with Crippen molar-refractivity contribution < 1.29 is 9.50 Å². The number of nitrogens with two attached hydrogens (primary N) is 1. The molecule has 0 heterocycles. The second-order valence-electron chi connectivity index (χ2n) is 4.48. The van der Waals surface area contributed by atoms with Crippen LogP contribution in [-0.4, -0.2) is 11.7 Å². The van der Waals surface area contributed by atoms with Crippen LogP contribution in [0, 0.1) is 12.7 Å². The molecular weight excluding hydrogens is 193 g/mol.